The second-order valence-electron chi connectivity index (χ2n) is 4.85. The van der Waals surface area contributed by atoms with Gasteiger partial charge in [0, 0.05) is 12.0 Å². The third-order valence-electron chi connectivity index (χ3n) is 3.28. The molecule has 2 unspecified atom stereocenters. The fourth-order valence-corrected chi connectivity index (χ4v) is 5.27. The predicted octanol–water partition coefficient (Wildman–Crippen LogP) is -0.929. The van der Waals surface area contributed by atoms with E-state index in [1.807, 2.05) is 0 Å². The first-order chi connectivity index (χ1) is 9.21. The Morgan fingerprint density at radius 2 is 2.05 bits per heavy atom. The average molecular weight is 324 g/mol. The van der Waals surface area contributed by atoms with Gasteiger partial charge in [0.1, 0.15) is 6.04 Å². The van der Waals surface area contributed by atoms with Gasteiger partial charge in [0.2, 0.25) is 0 Å². The maximum Gasteiger partial charge on any atom is 0.322 e. The molecule has 2 atom stereocenters. The predicted molar refractivity (Wildman–Crippen MR) is 70.8 cm³/mol. The van der Waals surface area contributed by atoms with Crippen molar-refractivity contribution in [2.45, 2.75) is 31.3 Å². The molecule has 0 aromatic rings. The number of carbonyl (C=O) groups is 1. The van der Waals surface area contributed by atoms with Gasteiger partial charge in [-0.3, -0.25) is 4.79 Å². The Balaban J connectivity index is 2.13. The van der Waals surface area contributed by atoms with Crippen molar-refractivity contribution in [1.82, 2.24) is 9.03 Å². The summed E-state index contributed by atoms with van der Waals surface area (Å²) in [6.45, 7) is 0.121. The van der Waals surface area contributed by atoms with E-state index in [2.05, 4.69) is 4.72 Å². The number of carboxylic acids is 1. The van der Waals surface area contributed by atoms with Crippen LogP contribution in [0.1, 0.15) is 19.3 Å². The van der Waals surface area contributed by atoms with Crippen LogP contribution in [0.25, 0.3) is 0 Å². The van der Waals surface area contributed by atoms with Crippen LogP contribution in [0.2, 0.25) is 0 Å². The van der Waals surface area contributed by atoms with Crippen molar-refractivity contribution in [3.8, 4) is 0 Å². The highest BCUT2D eigenvalue weighted by molar-refractivity contribution is 7.94. The van der Waals surface area contributed by atoms with E-state index in [1.54, 1.807) is 0 Å². The monoisotopic (exact) mass is 324 g/mol. The first-order valence-corrected chi connectivity index (χ1v) is 9.30. The average Bonchev–Trinajstić information content (AvgIpc) is 2.68. The van der Waals surface area contributed by atoms with Gasteiger partial charge in [0.05, 0.1) is 11.8 Å². The maximum atomic E-state index is 12.2. The van der Waals surface area contributed by atoms with E-state index < -0.39 is 38.1 Å². The smallest absolute Gasteiger partial charge is 0.322 e. The topological polar surface area (TPSA) is 121 Å². The summed E-state index contributed by atoms with van der Waals surface area (Å²) in [5.41, 5.74) is 0. The van der Waals surface area contributed by atoms with Gasteiger partial charge in [-0.05, 0) is 19.3 Å². The molecular weight excluding hydrogens is 308 g/mol. The minimum Gasteiger partial charge on any atom is -0.480 e. The van der Waals surface area contributed by atoms with E-state index in [9.17, 15) is 21.6 Å². The SMILES string of the molecule is O=C(O)C1CCCCN1S(=O)(=O)NC1C=CS(=O)(=O)C1. The molecule has 8 nitrogen and oxygen atoms in total. The van der Waals surface area contributed by atoms with Crippen LogP contribution in [0, 0.1) is 0 Å². The molecule has 0 bridgehead atoms. The zero-order chi connectivity index (χ0) is 15.0. The quantitative estimate of drug-likeness (QED) is 0.689. The standard InChI is InChI=1S/C10H16N2O6S2/c13-10(14)9-3-1-2-5-12(9)20(17,18)11-8-4-6-19(15,16)7-8/h4,6,8-9,11H,1-3,5,7H2,(H,13,14). The number of nitrogens with zero attached hydrogens (tertiary/aromatic N) is 1. The van der Waals surface area contributed by atoms with Crippen LogP contribution in [0.3, 0.4) is 0 Å². The van der Waals surface area contributed by atoms with Gasteiger partial charge in [-0.25, -0.2) is 8.42 Å². The molecule has 10 heteroatoms. The molecule has 2 rings (SSSR count). The summed E-state index contributed by atoms with van der Waals surface area (Å²) in [5, 5.41) is 10.0. The number of hydrogen-bond donors (Lipinski definition) is 2. The molecule has 114 valence electrons. The van der Waals surface area contributed by atoms with Gasteiger partial charge in [-0.15, -0.1) is 0 Å². The fraction of sp³-hybridized carbons (Fsp3) is 0.700. The Kier molecular flexibility index (Phi) is 4.19. The van der Waals surface area contributed by atoms with Gasteiger partial charge in [0.25, 0.3) is 10.2 Å². The van der Waals surface area contributed by atoms with Crippen LogP contribution in [-0.2, 0) is 24.8 Å². The zero-order valence-corrected chi connectivity index (χ0v) is 12.2. The molecule has 2 aliphatic heterocycles. The van der Waals surface area contributed by atoms with E-state index in [-0.39, 0.29) is 18.7 Å². The normalized spacial score (nSPS) is 30.4. The molecule has 1 fully saturated rings. The Bertz CT molecular complexity index is 624. The largest absolute Gasteiger partial charge is 0.480 e. The van der Waals surface area contributed by atoms with Gasteiger partial charge in [-0.1, -0.05) is 6.08 Å². The molecule has 20 heavy (non-hydrogen) atoms. The molecule has 2 N–H and O–H groups in total. The molecule has 0 aromatic carbocycles. The van der Waals surface area contributed by atoms with Crippen LogP contribution in [0.5, 0.6) is 0 Å². The summed E-state index contributed by atoms with van der Waals surface area (Å²) in [4.78, 5) is 11.1. The molecule has 0 aliphatic carbocycles. The van der Waals surface area contributed by atoms with Gasteiger partial charge in [-0.2, -0.15) is 17.4 Å². The number of nitrogens with one attached hydrogen (secondary N) is 1. The van der Waals surface area contributed by atoms with Crippen molar-refractivity contribution < 1.29 is 26.7 Å². The summed E-state index contributed by atoms with van der Waals surface area (Å²) in [6.07, 6.45) is 2.76. The van der Waals surface area contributed by atoms with Crippen LogP contribution in [0.15, 0.2) is 11.5 Å². The lowest BCUT2D eigenvalue weighted by atomic mass is 10.1. The van der Waals surface area contributed by atoms with Crippen molar-refractivity contribution >= 4 is 26.0 Å². The third-order valence-corrected chi connectivity index (χ3v) is 6.33. The molecule has 0 radical (unpaired) electrons. The number of hydrogen-bond acceptors (Lipinski definition) is 5. The van der Waals surface area contributed by atoms with Crippen LogP contribution < -0.4 is 4.72 Å². The molecule has 2 aliphatic rings. The third kappa shape index (κ3) is 3.37. The Morgan fingerprint density at radius 3 is 2.60 bits per heavy atom. The molecular formula is C10H16N2O6S2. The van der Waals surface area contributed by atoms with E-state index in [0.717, 1.165) is 9.71 Å². The number of rotatable bonds is 4. The highest BCUT2D eigenvalue weighted by atomic mass is 32.2. The number of carboxylic acid groups (broad SMARTS) is 1. The van der Waals surface area contributed by atoms with E-state index in [1.165, 1.54) is 6.08 Å². The maximum absolute atomic E-state index is 12.2. The first-order valence-electron chi connectivity index (χ1n) is 6.14. The first kappa shape index (κ1) is 15.4. The van der Waals surface area contributed by atoms with Gasteiger partial charge in [0.15, 0.2) is 9.84 Å². The second-order valence-corrected chi connectivity index (χ2v) is 8.43. The molecule has 0 aromatic heterocycles. The van der Waals surface area contributed by atoms with E-state index in [0.29, 0.717) is 12.8 Å². The van der Waals surface area contributed by atoms with Crippen molar-refractivity contribution in [3.63, 3.8) is 0 Å². The number of sulfone groups is 1. The van der Waals surface area contributed by atoms with Gasteiger partial charge < -0.3 is 5.11 Å². The minimum absolute atomic E-state index is 0.121. The summed E-state index contributed by atoms with van der Waals surface area (Å²) in [5.74, 6) is -1.53. The number of piperidine rings is 1. The van der Waals surface area contributed by atoms with Crippen molar-refractivity contribution in [1.29, 1.82) is 0 Å². The van der Waals surface area contributed by atoms with Crippen LogP contribution in [-0.4, -0.2) is 56.6 Å². The van der Waals surface area contributed by atoms with Crippen LogP contribution >= 0.6 is 0 Å². The summed E-state index contributed by atoms with van der Waals surface area (Å²) in [6, 6.07) is -1.94. The molecule has 0 amide bonds. The molecule has 0 saturated carbocycles. The second kappa shape index (κ2) is 5.43. The van der Waals surface area contributed by atoms with E-state index >= 15 is 0 Å². The summed E-state index contributed by atoms with van der Waals surface area (Å²) < 4.78 is 50.0. The zero-order valence-electron chi connectivity index (χ0n) is 10.6. The fourth-order valence-electron chi connectivity index (χ4n) is 2.35. The van der Waals surface area contributed by atoms with Crippen molar-refractivity contribution in [2.24, 2.45) is 0 Å². The summed E-state index contributed by atoms with van der Waals surface area (Å²) >= 11 is 0. The lowest BCUT2D eigenvalue weighted by molar-refractivity contribution is -0.142. The highest BCUT2D eigenvalue weighted by Crippen LogP contribution is 2.21. The number of aliphatic carboxylic acids is 1. The highest BCUT2D eigenvalue weighted by Gasteiger charge is 2.38. The van der Waals surface area contributed by atoms with E-state index in [4.69, 9.17) is 5.11 Å². The van der Waals surface area contributed by atoms with Crippen molar-refractivity contribution in [3.05, 3.63) is 11.5 Å². The Morgan fingerprint density at radius 1 is 1.35 bits per heavy atom. The van der Waals surface area contributed by atoms with Gasteiger partial charge >= 0.3 is 5.97 Å². The Hall–Kier alpha value is -0.970. The molecule has 1 saturated heterocycles. The molecule has 0 spiro atoms. The van der Waals surface area contributed by atoms with Crippen molar-refractivity contribution in [2.75, 3.05) is 12.3 Å². The minimum atomic E-state index is -4.02. The Labute approximate surface area is 117 Å². The molecule has 2 heterocycles. The lowest BCUT2D eigenvalue weighted by Crippen LogP contribution is -2.54. The lowest BCUT2D eigenvalue weighted by Gasteiger charge is -2.32. The van der Waals surface area contributed by atoms with Crippen LogP contribution in [0.4, 0.5) is 0 Å². The summed E-state index contributed by atoms with van der Waals surface area (Å²) in [7, 11) is -7.40.